The average molecular weight is 229 g/mol. The lowest BCUT2D eigenvalue weighted by atomic mass is 10.1. The van der Waals surface area contributed by atoms with E-state index in [-0.39, 0.29) is 11.9 Å². The van der Waals surface area contributed by atoms with E-state index in [0.717, 1.165) is 38.8 Å². The molecule has 0 aromatic heterocycles. The zero-order valence-corrected chi connectivity index (χ0v) is 10.9. The number of amides is 1. The molecule has 1 amide bonds. The van der Waals surface area contributed by atoms with E-state index in [1.807, 2.05) is 7.05 Å². The van der Waals surface area contributed by atoms with Crippen molar-refractivity contribution in [1.29, 1.82) is 0 Å². The molecule has 0 saturated heterocycles. The Hall–Kier alpha value is -0.610. The molecule has 1 unspecified atom stereocenters. The number of unbranched alkanes of at least 4 members (excludes halogenated alkanes) is 1. The number of carbonyl (C=O) groups excluding carboxylic acids is 1. The number of nitrogens with one attached hydrogen (secondary N) is 2. The molecule has 0 aliphatic carbocycles. The molecule has 96 valence electrons. The Labute approximate surface area is 99.4 Å². The number of hydrogen-bond donors (Lipinski definition) is 3. The fraction of sp³-hybridized carbons (Fsp3) is 0.917. The Bertz CT molecular complexity index is 183. The van der Waals surface area contributed by atoms with Gasteiger partial charge in [0.25, 0.3) is 0 Å². The van der Waals surface area contributed by atoms with E-state index >= 15 is 0 Å². The van der Waals surface area contributed by atoms with E-state index in [4.69, 9.17) is 5.73 Å². The van der Waals surface area contributed by atoms with Crippen molar-refractivity contribution in [1.82, 2.24) is 10.6 Å². The molecule has 0 rings (SSSR count). The fourth-order valence-corrected chi connectivity index (χ4v) is 1.41. The summed E-state index contributed by atoms with van der Waals surface area (Å²) in [5.41, 5.74) is 5.78. The Morgan fingerprint density at radius 3 is 2.44 bits per heavy atom. The molecule has 0 fully saturated rings. The zero-order valence-electron chi connectivity index (χ0n) is 10.9. The predicted molar refractivity (Wildman–Crippen MR) is 68.2 cm³/mol. The molecule has 4 nitrogen and oxygen atoms in total. The van der Waals surface area contributed by atoms with Gasteiger partial charge in [-0.25, -0.2) is 0 Å². The highest BCUT2D eigenvalue weighted by atomic mass is 16.2. The summed E-state index contributed by atoms with van der Waals surface area (Å²) >= 11 is 0. The minimum absolute atomic E-state index is 0.00916. The van der Waals surface area contributed by atoms with Crippen LogP contribution >= 0.6 is 0 Å². The molecule has 4 N–H and O–H groups in total. The van der Waals surface area contributed by atoms with Gasteiger partial charge < -0.3 is 16.4 Å². The molecule has 0 aromatic carbocycles. The normalized spacial score (nSPS) is 12.8. The third-order valence-corrected chi connectivity index (χ3v) is 2.55. The fourth-order valence-electron chi connectivity index (χ4n) is 1.41. The maximum Gasteiger partial charge on any atom is 0.236 e. The van der Waals surface area contributed by atoms with E-state index < -0.39 is 0 Å². The molecule has 0 heterocycles. The van der Waals surface area contributed by atoms with Gasteiger partial charge in [-0.1, -0.05) is 20.3 Å². The largest absolute Gasteiger partial charge is 0.355 e. The lowest BCUT2D eigenvalue weighted by Gasteiger charge is -2.12. The van der Waals surface area contributed by atoms with Gasteiger partial charge in [0.05, 0.1) is 6.04 Å². The molecule has 0 spiro atoms. The predicted octanol–water partition coefficient (Wildman–Crippen LogP) is 0.866. The van der Waals surface area contributed by atoms with Gasteiger partial charge in [-0.2, -0.15) is 0 Å². The second-order valence-corrected chi connectivity index (χ2v) is 4.68. The van der Waals surface area contributed by atoms with Crippen LogP contribution < -0.4 is 16.4 Å². The molecule has 0 bridgehead atoms. The van der Waals surface area contributed by atoms with Crippen molar-refractivity contribution in [2.45, 2.75) is 45.6 Å². The van der Waals surface area contributed by atoms with Crippen molar-refractivity contribution in [2.75, 3.05) is 20.1 Å². The number of hydrogen-bond acceptors (Lipinski definition) is 3. The standard InChI is InChI=1S/C12H27N3O/c1-10(2)7-9-15-12(16)11(13)6-4-5-8-14-3/h10-11,14H,4-9,13H2,1-3H3,(H,15,16). The van der Waals surface area contributed by atoms with Crippen LogP contribution in [0.25, 0.3) is 0 Å². The van der Waals surface area contributed by atoms with Crippen LogP contribution in [0.2, 0.25) is 0 Å². The summed E-state index contributed by atoms with van der Waals surface area (Å²) in [4.78, 5) is 11.5. The monoisotopic (exact) mass is 229 g/mol. The van der Waals surface area contributed by atoms with Crippen molar-refractivity contribution in [3.05, 3.63) is 0 Å². The maximum absolute atomic E-state index is 11.5. The lowest BCUT2D eigenvalue weighted by molar-refractivity contribution is -0.122. The van der Waals surface area contributed by atoms with E-state index in [9.17, 15) is 4.79 Å². The number of nitrogens with two attached hydrogens (primary N) is 1. The molecular formula is C12H27N3O. The minimum atomic E-state index is -0.344. The SMILES string of the molecule is CNCCCCC(N)C(=O)NCCC(C)C. The second kappa shape index (κ2) is 9.60. The van der Waals surface area contributed by atoms with Gasteiger partial charge in [-0.05, 0) is 38.8 Å². The lowest BCUT2D eigenvalue weighted by Crippen LogP contribution is -2.41. The Morgan fingerprint density at radius 1 is 1.19 bits per heavy atom. The Balaban J connectivity index is 3.49. The topological polar surface area (TPSA) is 67.1 Å². The first-order chi connectivity index (χ1) is 7.57. The number of rotatable bonds is 9. The first kappa shape index (κ1) is 15.4. The average Bonchev–Trinajstić information content (AvgIpc) is 2.23. The summed E-state index contributed by atoms with van der Waals surface area (Å²) in [5, 5.41) is 5.95. The van der Waals surface area contributed by atoms with Gasteiger partial charge in [-0.15, -0.1) is 0 Å². The zero-order chi connectivity index (χ0) is 12.4. The summed E-state index contributed by atoms with van der Waals surface area (Å²) in [7, 11) is 1.93. The van der Waals surface area contributed by atoms with Crippen LogP contribution in [0.3, 0.4) is 0 Å². The number of carbonyl (C=O) groups is 1. The minimum Gasteiger partial charge on any atom is -0.355 e. The van der Waals surface area contributed by atoms with Crippen molar-refractivity contribution in [3.63, 3.8) is 0 Å². The van der Waals surface area contributed by atoms with Gasteiger partial charge in [0.15, 0.2) is 0 Å². The molecule has 0 aliphatic heterocycles. The Kier molecular flexibility index (Phi) is 9.24. The molecule has 1 atom stereocenters. The van der Waals surface area contributed by atoms with Crippen molar-refractivity contribution < 1.29 is 4.79 Å². The highest BCUT2D eigenvalue weighted by Gasteiger charge is 2.11. The smallest absolute Gasteiger partial charge is 0.236 e. The molecular weight excluding hydrogens is 202 g/mol. The first-order valence-corrected chi connectivity index (χ1v) is 6.25. The molecule has 0 radical (unpaired) electrons. The van der Waals surface area contributed by atoms with E-state index in [1.165, 1.54) is 0 Å². The third-order valence-electron chi connectivity index (χ3n) is 2.55. The van der Waals surface area contributed by atoms with Gasteiger partial charge in [0.2, 0.25) is 5.91 Å². The molecule has 0 saturated carbocycles. The molecule has 0 aromatic rings. The van der Waals surface area contributed by atoms with Crippen molar-refractivity contribution in [3.8, 4) is 0 Å². The Morgan fingerprint density at radius 2 is 1.88 bits per heavy atom. The summed E-state index contributed by atoms with van der Waals surface area (Å²) in [6.07, 6.45) is 3.86. The quantitative estimate of drug-likeness (QED) is 0.514. The van der Waals surface area contributed by atoms with Gasteiger partial charge in [0.1, 0.15) is 0 Å². The van der Waals surface area contributed by atoms with E-state index in [1.54, 1.807) is 0 Å². The van der Waals surface area contributed by atoms with Crippen LogP contribution in [-0.4, -0.2) is 32.1 Å². The summed E-state index contributed by atoms with van der Waals surface area (Å²) in [6, 6.07) is -0.344. The summed E-state index contributed by atoms with van der Waals surface area (Å²) in [6.45, 7) is 6.01. The van der Waals surface area contributed by atoms with Crippen LogP contribution in [0.15, 0.2) is 0 Å². The van der Waals surface area contributed by atoms with E-state index in [0.29, 0.717) is 5.92 Å². The van der Waals surface area contributed by atoms with Crippen LogP contribution in [-0.2, 0) is 4.79 Å². The summed E-state index contributed by atoms with van der Waals surface area (Å²) < 4.78 is 0. The molecule has 4 heteroatoms. The van der Waals surface area contributed by atoms with Gasteiger partial charge in [0, 0.05) is 6.54 Å². The van der Waals surface area contributed by atoms with Crippen LogP contribution in [0.4, 0.5) is 0 Å². The molecule has 0 aliphatic rings. The van der Waals surface area contributed by atoms with Crippen LogP contribution in [0.5, 0.6) is 0 Å². The van der Waals surface area contributed by atoms with Crippen LogP contribution in [0.1, 0.15) is 39.5 Å². The van der Waals surface area contributed by atoms with Crippen molar-refractivity contribution >= 4 is 5.91 Å². The second-order valence-electron chi connectivity index (χ2n) is 4.68. The first-order valence-electron chi connectivity index (χ1n) is 6.25. The highest BCUT2D eigenvalue weighted by molar-refractivity contribution is 5.81. The van der Waals surface area contributed by atoms with E-state index in [2.05, 4.69) is 24.5 Å². The van der Waals surface area contributed by atoms with Gasteiger partial charge in [-0.3, -0.25) is 4.79 Å². The van der Waals surface area contributed by atoms with Gasteiger partial charge >= 0.3 is 0 Å². The van der Waals surface area contributed by atoms with Crippen LogP contribution in [0, 0.1) is 5.92 Å². The third kappa shape index (κ3) is 8.68. The molecule has 16 heavy (non-hydrogen) atoms. The van der Waals surface area contributed by atoms with Crippen molar-refractivity contribution in [2.24, 2.45) is 11.7 Å². The summed E-state index contributed by atoms with van der Waals surface area (Å²) in [5.74, 6) is 0.609. The highest BCUT2D eigenvalue weighted by Crippen LogP contribution is 2.00. The maximum atomic E-state index is 11.5.